The van der Waals surface area contributed by atoms with E-state index in [4.69, 9.17) is 28.4 Å². The van der Waals surface area contributed by atoms with E-state index in [-0.39, 0.29) is 6.61 Å². The number of methoxy groups -OCH3 is 1. The fourth-order valence-electron chi connectivity index (χ4n) is 4.31. The number of esters is 2. The number of rotatable bonds is 6. The number of ether oxygens (including phenoxy) is 6. The fraction of sp³-hybridized carbons (Fsp3) is 0.286. The van der Waals surface area contributed by atoms with E-state index in [0.29, 0.717) is 11.1 Å². The SMILES string of the molecule is CO[C@H]1O[C@@H]2CO[C@@H](c3ccccc3)O[C@@H]2[C@H](OC(=O)c2ccccc2)[C@H]1OC(=O)c1ccccc1. The molecule has 0 aromatic heterocycles. The third kappa shape index (κ3) is 5.17. The first kappa shape index (κ1) is 24.1. The highest BCUT2D eigenvalue weighted by atomic mass is 16.8. The van der Waals surface area contributed by atoms with Gasteiger partial charge in [-0.1, -0.05) is 66.7 Å². The van der Waals surface area contributed by atoms with Crippen molar-refractivity contribution in [1.29, 1.82) is 0 Å². The van der Waals surface area contributed by atoms with Crippen LogP contribution in [-0.4, -0.2) is 56.4 Å². The van der Waals surface area contributed by atoms with Crippen LogP contribution >= 0.6 is 0 Å². The van der Waals surface area contributed by atoms with E-state index in [1.165, 1.54) is 7.11 Å². The Bertz CT molecular complexity index is 1150. The van der Waals surface area contributed by atoms with Crippen molar-refractivity contribution >= 4 is 11.9 Å². The lowest BCUT2D eigenvalue weighted by atomic mass is 9.97. The van der Waals surface area contributed by atoms with Crippen LogP contribution in [0.2, 0.25) is 0 Å². The second kappa shape index (κ2) is 11.0. The Hall–Kier alpha value is -3.56. The predicted molar refractivity (Wildman–Crippen MR) is 127 cm³/mol. The monoisotopic (exact) mass is 490 g/mol. The summed E-state index contributed by atoms with van der Waals surface area (Å²) in [7, 11) is 1.43. The molecule has 0 aliphatic carbocycles. The number of hydrogen-bond donors (Lipinski definition) is 0. The van der Waals surface area contributed by atoms with Gasteiger partial charge in [0.1, 0.15) is 12.2 Å². The summed E-state index contributed by atoms with van der Waals surface area (Å²) in [5, 5.41) is 0. The highest BCUT2D eigenvalue weighted by Gasteiger charge is 2.54. The summed E-state index contributed by atoms with van der Waals surface area (Å²) in [6.07, 6.45) is -5.23. The van der Waals surface area contributed by atoms with E-state index in [1.807, 2.05) is 30.3 Å². The lowest BCUT2D eigenvalue weighted by Gasteiger charge is -2.47. The smallest absolute Gasteiger partial charge is 0.338 e. The molecule has 0 spiro atoms. The standard InChI is InChI=1S/C28H26O8/c1-31-28-24(35-26(30)19-13-7-3-8-14-19)23(34-25(29)18-11-5-2-6-12-18)22-21(33-28)17-32-27(36-22)20-15-9-4-10-16-20/h2-16,21-24,27-28H,17H2,1H3/t21-,22+,23+,24-,27-,28+/m1/s1. The number of carbonyl (C=O) groups is 2. The minimum atomic E-state index is -1.09. The van der Waals surface area contributed by atoms with E-state index in [9.17, 15) is 9.59 Å². The van der Waals surface area contributed by atoms with Gasteiger partial charge in [0, 0.05) is 12.7 Å². The van der Waals surface area contributed by atoms with Crippen LogP contribution in [-0.2, 0) is 28.4 Å². The Morgan fingerprint density at radius 2 is 1.25 bits per heavy atom. The Kier molecular flexibility index (Phi) is 7.39. The van der Waals surface area contributed by atoms with Crippen LogP contribution in [0, 0.1) is 0 Å². The molecular weight excluding hydrogens is 464 g/mol. The summed E-state index contributed by atoms with van der Waals surface area (Å²) < 4.78 is 35.5. The summed E-state index contributed by atoms with van der Waals surface area (Å²) >= 11 is 0. The molecule has 2 heterocycles. The van der Waals surface area contributed by atoms with Gasteiger partial charge in [-0.2, -0.15) is 0 Å². The van der Waals surface area contributed by atoms with E-state index in [1.54, 1.807) is 60.7 Å². The summed E-state index contributed by atoms with van der Waals surface area (Å²) in [5.74, 6) is -1.18. The molecular formula is C28H26O8. The molecule has 0 radical (unpaired) electrons. The molecule has 186 valence electrons. The maximum atomic E-state index is 13.1. The van der Waals surface area contributed by atoms with Crippen LogP contribution in [0.15, 0.2) is 91.0 Å². The zero-order valence-corrected chi connectivity index (χ0v) is 19.6. The molecule has 0 N–H and O–H groups in total. The summed E-state index contributed by atoms with van der Waals surface area (Å²) in [5.41, 5.74) is 1.50. The van der Waals surface area contributed by atoms with Crippen LogP contribution < -0.4 is 0 Å². The summed E-state index contributed by atoms with van der Waals surface area (Å²) in [6, 6.07) is 26.5. The number of carbonyl (C=O) groups excluding carboxylic acids is 2. The lowest BCUT2D eigenvalue weighted by Crippen LogP contribution is -2.64. The number of benzene rings is 3. The fourth-order valence-corrected chi connectivity index (χ4v) is 4.31. The van der Waals surface area contributed by atoms with Crippen LogP contribution in [0.1, 0.15) is 32.6 Å². The minimum Gasteiger partial charge on any atom is -0.452 e. The molecule has 0 bridgehead atoms. The molecule has 5 rings (SSSR count). The Labute approximate surface area is 208 Å². The topological polar surface area (TPSA) is 89.5 Å². The normalized spacial score (nSPS) is 27.5. The molecule has 2 aliphatic heterocycles. The van der Waals surface area contributed by atoms with Crippen molar-refractivity contribution in [2.45, 2.75) is 37.0 Å². The average Bonchev–Trinajstić information content (AvgIpc) is 2.95. The van der Waals surface area contributed by atoms with Crippen molar-refractivity contribution in [1.82, 2.24) is 0 Å². The Balaban J connectivity index is 1.46. The highest BCUT2D eigenvalue weighted by Crippen LogP contribution is 2.37. The van der Waals surface area contributed by atoms with E-state index >= 15 is 0 Å². The maximum absolute atomic E-state index is 13.1. The Morgan fingerprint density at radius 3 is 1.81 bits per heavy atom. The molecule has 36 heavy (non-hydrogen) atoms. The van der Waals surface area contributed by atoms with Gasteiger partial charge in [-0.25, -0.2) is 9.59 Å². The molecule has 2 saturated heterocycles. The van der Waals surface area contributed by atoms with Gasteiger partial charge in [0.25, 0.3) is 0 Å². The van der Waals surface area contributed by atoms with Gasteiger partial charge in [-0.15, -0.1) is 0 Å². The van der Waals surface area contributed by atoms with Gasteiger partial charge in [0.2, 0.25) is 0 Å². The quantitative estimate of drug-likeness (QED) is 0.481. The van der Waals surface area contributed by atoms with Crippen LogP contribution in [0.25, 0.3) is 0 Å². The predicted octanol–water partition coefficient (Wildman–Crippen LogP) is 3.92. The van der Waals surface area contributed by atoms with Gasteiger partial charge in [-0.3, -0.25) is 0 Å². The minimum absolute atomic E-state index is 0.169. The summed E-state index contributed by atoms with van der Waals surface area (Å²) in [4.78, 5) is 26.1. The third-order valence-electron chi connectivity index (χ3n) is 6.09. The molecule has 2 aliphatic rings. The van der Waals surface area contributed by atoms with Crippen molar-refractivity contribution in [3.63, 3.8) is 0 Å². The van der Waals surface area contributed by atoms with Crippen molar-refractivity contribution in [2.75, 3.05) is 13.7 Å². The zero-order valence-electron chi connectivity index (χ0n) is 19.6. The third-order valence-corrected chi connectivity index (χ3v) is 6.09. The molecule has 8 heteroatoms. The first-order valence-corrected chi connectivity index (χ1v) is 11.7. The van der Waals surface area contributed by atoms with Gasteiger partial charge >= 0.3 is 11.9 Å². The van der Waals surface area contributed by atoms with Crippen molar-refractivity contribution in [3.05, 3.63) is 108 Å². The van der Waals surface area contributed by atoms with Gasteiger partial charge in [0.15, 0.2) is 24.8 Å². The van der Waals surface area contributed by atoms with Crippen LogP contribution in [0.5, 0.6) is 0 Å². The van der Waals surface area contributed by atoms with Crippen molar-refractivity contribution in [2.24, 2.45) is 0 Å². The van der Waals surface area contributed by atoms with Gasteiger partial charge in [-0.05, 0) is 24.3 Å². The molecule has 0 saturated carbocycles. The van der Waals surface area contributed by atoms with Crippen LogP contribution in [0.4, 0.5) is 0 Å². The second-order valence-corrected chi connectivity index (χ2v) is 8.43. The van der Waals surface area contributed by atoms with Gasteiger partial charge < -0.3 is 28.4 Å². The van der Waals surface area contributed by atoms with Crippen LogP contribution in [0.3, 0.4) is 0 Å². The molecule has 8 nitrogen and oxygen atoms in total. The number of fused-ring (bicyclic) bond motifs is 1. The number of hydrogen-bond acceptors (Lipinski definition) is 8. The molecule has 0 amide bonds. The van der Waals surface area contributed by atoms with Crippen molar-refractivity contribution in [3.8, 4) is 0 Å². The zero-order chi connectivity index (χ0) is 24.9. The van der Waals surface area contributed by atoms with E-state index < -0.39 is 48.9 Å². The first-order valence-electron chi connectivity index (χ1n) is 11.7. The maximum Gasteiger partial charge on any atom is 0.338 e. The molecule has 3 aromatic carbocycles. The van der Waals surface area contributed by atoms with Crippen molar-refractivity contribution < 1.29 is 38.0 Å². The highest BCUT2D eigenvalue weighted by molar-refractivity contribution is 5.90. The van der Waals surface area contributed by atoms with Gasteiger partial charge in [0.05, 0.1) is 17.7 Å². The molecule has 2 fully saturated rings. The first-order chi connectivity index (χ1) is 17.6. The Morgan fingerprint density at radius 1 is 0.722 bits per heavy atom. The summed E-state index contributed by atoms with van der Waals surface area (Å²) in [6.45, 7) is 0.169. The molecule has 0 unspecified atom stereocenters. The van der Waals surface area contributed by atoms with E-state index in [2.05, 4.69) is 0 Å². The average molecular weight is 491 g/mol. The largest absolute Gasteiger partial charge is 0.452 e. The molecule has 3 aromatic rings. The lowest BCUT2D eigenvalue weighted by molar-refractivity contribution is -0.356. The second-order valence-electron chi connectivity index (χ2n) is 8.43. The van der Waals surface area contributed by atoms with E-state index in [0.717, 1.165) is 5.56 Å². The molecule has 6 atom stereocenters.